The van der Waals surface area contributed by atoms with Gasteiger partial charge in [0.2, 0.25) is 5.91 Å². The lowest BCUT2D eigenvalue weighted by Crippen LogP contribution is -2.31. The van der Waals surface area contributed by atoms with E-state index in [0.29, 0.717) is 16.5 Å². The number of hydrogen-bond acceptors (Lipinski definition) is 2. The van der Waals surface area contributed by atoms with Crippen LogP contribution in [-0.4, -0.2) is 24.5 Å². The number of carbonyl (C=O) groups is 1. The maximum Gasteiger partial charge on any atom is 0.227 e. The SMILES string of the molecule is COc1cccc(C2CCCN2C(=O)Cc2ccc(Cl)c(Cl)c2)c1. The molecular weight excluding hydrogens is 345 g/mol. The first-order valence-corrected chi connectivity index (χ1v) is 8.71. The van der Waals surface area contributed by atoms with Crippen LogP contribution in [0.1, 0.15) is 30.0 Å². The lowest BCUT2D eigenvalue weighted by atomic mass is 10.0. The lowest BCUT2D eigenvalue weighted by molar-refractivity contribution is -0.131. The molecule has 0 radical (unpaired) electrons. The van der Waals surface area contributed by atoms with Crippen LogP contribution in [0.2, 0.25) is 10.0 Å². The van der Waals surface area contributed by atoms with Gasteiger partial charge in [-0.1, -0.05) is 41.4 Å². The average molecular weight is 364 g/mol. The van der Waals surface area contributed by atoms with Gasteiger partial charge in [0, 0.05) is 6.54 Å². The minimum absolute atomic E-state index is 0.107. The summed E-state index contributed by atoms with van der Waals surface area (Å²) in [6.45, 7) is 0.780. The Morgan fingerprint density at radius 2 is 2.04 bits per heavy atom. The fourth-order valence-corrected chi connectivity index (χ4v) is 3.51. The fourth-order valence-electron chi connectivity index (χ4n) is 3.19. The molecule has 0 saturated carbocycles. The Morgan fingerprint density at radius 3 is 2.79 bits per heavy atom. The maximum atomic E-state index is 12.8. The van der Waals surface area contributed by atoms with Crippen LogP contribution in [-0.2, 0) is 11.2 Å². The molecule has 3 nitrogen and oxygen atoms in total. The number of nitrogens with zero attached hydrogens (tertiary/aromatic N) is 1. The molecular formula is C19H19Cl2NO2. The van der Waals surface area contributed by atoms with Crippen LogP contribution in [0.4, 0.5) is 0 Å². The summed E-state index contributed by atoms with van der Waals surface area (Å²) in [5.74, 6) is 0.926. The van der Waals surface area contributed by atoms with E-state index in [1.807, 2.05) is 29.2 Å². The Hall–Kier alpha value is -1.71. The zero-order chi connectivity index (χ0) is 17.1. The number of carbonyl (C=O) groups excluding carboxylic acids is 1. The zero-order valence-corrected chi connectivity index (χ0v) is 15.0. The minimum Gasteiger partial charge on any atom is -0.497 e. The van der Waals surface area contributed by atoms with Gasteiger partial charge in [-0.2, -0.15) is 0 Å². The number of amides is 1. The second-order valence-corrected chi connectivity index (χ2v) is 6.76. The van der Waals surface area contributed by atoms with Gasteiger partial charge in [-0.3, -0.25) is 4.79 Å². The van der Waals surface area contributed by atoms with Crippen LogP contribution in [0.25, 0.3) is 0 Å². The van der Waals surface area contributed by atoms with Crippen molar-refractivity contribution in [3.8, 4) is 5.75 Å². The van der Waals surface area contributed by atoms with Crippen molar-refractivity contribution in [1.29, 1.82) is 0 Å². The van der Waals surface area contributed by atoms with Gasteiger partial charge in [0.15, 0.2) is 0 Å². The Morgan fingerprint density at radius 1 is 1.21 bits per heavy atom. The topological polar surface area (TPSA) is 29.5 Å². The van der Waals surface area contributed by atoms with Crippen molar-refractivity contribution in [1.82, 2.24) is 4.90 Å². The van der Waals surface area contributed by atoms with Gasteiger partial charge in [0.1, 0.15) is 5.75 Å². The highest BCUT2D eigenvalue weighted by Crippen LogP contribution is 2.34. The third-order valence-corrected chi connectivity index (χ3v) is 5.13. The quantitative estimate of drug-likeness (QED) is 0.772. The normalized spacial score (nSPS) is 17.1. The van der Waals surface area contributed by atoms with Crippen molar-refractivity contribution in [3.05, 3.63) is 63.6 Å². The average Bonchev–Trinajstić information content (AvgIpc) is 3.08. The van der Waals surface area contributed by atoms with Crippen molar-refractivity contribution in [2.24, 2.45) is 0 Å². The molecule has 1 fully saturated rings. The van der Waals surface area contributed by atoms with Crippen LogP contribution in [0.5, 0.6) is 5.75 Å². The van der Waals surface area contributed by atoms with E-state index in [-0.39, 0.29) is 11.9 Å². The van der Waals surface area contributed by atoms with Crippen LogP contribution < -0.4 is 4.74 Å². The third-order valence-electron chi connectivity index (χ3n) is 4.39. The highest BCUT2D eigenvalue weighted by molar-refractivity contribution is 6.42. The van der Waals surface area contributed by atoms with E-state index in [9.17, 15) is 4.79 Å². The summed E-state index contributed by atoms with van der Waals surface area (Å²) in [6.07, 6.45) is 2.31. The molecule has 1 atom stereocenters. The van der Waals surface area contributed by atoms with Crippen molar-refractivity contribution in [2.45, 2.75) is 25.3 Å². The summed E-state index contributed by atoms with van der Waals surface area (Å²) in [7, 11) is 1.65. The molecule has 126 valence electrons. The molecule has 24 heavy (non-hydrogen) atoms. The Bertz CT molecular complexity index is 748. The Balaban J connectivity index is 1.76. The smallest absolute Gasteiger partial charge is 0.227 e. The summed E-state index contributed by atoms with van der Waals surface area (Å²) >= 11 is 12.0. The standard InChI is InChI=1S/C19H19Cl2NO2/c1-24-15-5-2-4-14(12-15)18-6-3-9-22(18)19(23)11-13-7-8-16(20)17(21)10-13/h2,4-5,7-8,10,12,18H,3,6,9,11H2,1H3. The minimum atomic E-state index is 0.107. The molecule has 1 unspecified atom stereocenters. The van der Waals surface area contributed by atoms with Gasteiger partial charge in [0.25, 0.3) is 0 Å². The van der Waals surface area contributed by atoms with E-state index in [0.717, 1.165) is 36.3 Å². The van der Waals surface area contributed by atoms with Crippen LogP contribution in [0, 0.1) is 0 Å². The van der Waals surface area contributed by atoms with Crippen molar-refractivity contribution >= 4 is 29.1 Å². The van der Waals surface area contributed by atoms with E-state index in [2.05, 4.69) is 6.07 Å². The van der Waals surface area contributed by atoms with Gasteiger partial charge in [-0.15, -0.1) is 0 Å². The molecule has 1 saturated heterocycles. The van der Waals surface area contributed by atoms with E-state index >= 15 is 0 Å². The molecule has 1 heterocycles. The van der Waals surface area contributed by atoms with Crippen molar-refractivity contribution < 1.29 is 9.53 Å². The monoisotopic (exact) mass is 363 g/mol. The first kappa shape index (κ1) is 17.1. The van der Waals surface area contributed by atoms with Crippen molar-refractivity contribution in [2.75, 3.05) is 13.7 Å². The summed E-state index contributed by atoms with van der Waals surface area (Å²) < 4.78 is 5.30. The highest BCUT2D eigenvalue weighted by Gasteiger charge is 2.30. The highest BCUT2D eigenvalue weighted by atomic mass is 35.5. The molecule has 0 N–H and O–H groups in total. The molecule has 5 heteroatoms. The molecule has 3 rings (SSSR count). The predicted molar refractivity (Wildman–Crippen MR) is 96.8 cm³/mol. The van der Waals surface area contributed by atoms with E-state index in [4.69, 9.17) is 27.9 Å². The zero-order valence-electron chi connectivity index (χ0n) is 13.5. The van der Waals surface area contributed by atoms with Crippen LogP contribution in [0.15, 0.2) is 42.5 Å². The second kappa shape index (κ2) is 7.45. The summed E-state index contributed by atoms with van der Waals surface area (Å²) in [4.78, 5) is 14.7. The lowest BCUT2D eigenvalue weighted by Gasteiger charge is -2.25. The Kier molecular flexibility index (Phi) is 5.32. The number of ether oxygens (including phenoxy) is 1. The fraction of sp³-hybridized carbons (Fsp3) is 0.316. The maximum absolute atomic E-state index is 12.8. The molecule has 1 aliphatic rings. The molecule has 2 aromatic carbocycles. The number of halogens is 2. The summed E-state index contributed by atoms with van der Waals surface area (Å²) in [6, 6.07) is 13.4. The predicted octanol–water partition coefficient (Wildman–Crippen LogP) is 4.91. The summed E-state index contributed by atoms with van der Waals surface area (Å²) in [5, 5.41) is 0.982. The van der Waals surface area contributed by atoms with E-state index in [1.54, 1.807) is 19.2 Å². The molecule has 0 bridgehead atoms. The van der Waals surface area contributed by atoms with E-state index < -0.39 is 0 Å². The first-order chi connectivity index (χ1) is 11.6. The first-order valence-electron chi connectivity index (χ1n) is 7.96. The molecule has 0 spiro atoms. The van der Waals surface area contributed by atoms with Crippen molar-refractivity contribution in [3.63, 3.8) is 0 Å². The molecule has 1 aliphatic heterocycles. The van der Waals surface area contributed by atoms with Crippen LogP contribution >= 0.6 is 23.2 Å². The van der Waals surface area contributed by atoms with Gasteiger partial charge in [-0.05, 0) is 48.2 Å². The summed E-state index contributed by atoms with van der Waals surface area (Å²) in [5.41, 5.74) is 2.00. The second-order valence-electron chi connectivity index (χ2n) is 5.95. The number of benzene rings is 2. The van der Waals surface area contributed by atoms with E-state index in [1.165, 1.54) is 0 Å². The van der Waals surface area contributed by atoms with Gasteiger partial charge in [-0.25, -0.2) is 0 Å². The third kappa shape index (κ3) is 3.68. The number of methoxy groups -OCH3 is 1. The number of likely N-dealkylation sites (tertiary alicyclic amines) is 1. The van der Waals surface area contributed by atoms with Crippen LogP contribution in [0.3, 0.4) is 0 Å². The molecule has 2 aromatic rings. The number of hydrogen-bond donors (Lipinski definition) is 0. The molecule has 0 aromatic heterocycles. The molecule has 1 amide bonds. The van der Waals surface area contributed by atoms with Gasteiger partial charge in [0.05, 0.1) is 29.6 Å². The number of rotatable bonds is 4. The van der Waals surface area contributed by atoms with Gasteiger partial charge >= 0.3 is 0 Å². The van der Waals surface area contributed by atoms with Gasteiger partial charge < -0.3 is 9.64 Å². The Labute approximate surface area is 152 Å². The molecule has 0 aliphatic carbocycles. The largest absolute Gasteiger partial charge is 0.497 e.